The normalized spacial score (nSPS) is 14.7. The Bertz CT molecular complexity index is 1390. The van der Waals surface area contributed by atoms with Gasteiger partial charge in [-0.1, -0.05) is 35.3 Å². The van der Waals surface area contributed by atoms with E-state index in [2.05, 4.69) is 17.1 Å². The van der Waals surface area contributed by atoms with E-state index in [1.165, 1.54) is 45.8 Å². The molecule has 10 heteroatoms. The summed E-state index contributed by atoms with van der Waals surface area (Å²) in [6.45, 7) is 5.72. The van der Waals surface area contributed by atoms with Crippen molar-refractivity contribution < 1.29 is 17.6 Å². The molecule has 3 aromatic rings. The molecular weight excluding hydrogens is 512 g/mol. The van der Waals surface area contributed by atoms with Crippen LogP contribution in [0.1, 0.15) is 21.5 Å². The van der Waals surface area contributed by atoms with E-state index in [9.17, 15) is 17.6 Å². The minimum Gasteiger partial charge on any atom is -0.369 e. The fourth-order valence-corrected chi connectivity index (χ4v) is 5.95. The summed E-state index contributed by atoms with van der Waals surface area (Å²) in [7, 11) is -3.90. The predicted molar refractivity (Wildman–Crippen MR) is 138 cm³/mol. The van der Waals surface area contributed by atoms with Crippen molar-refractivity contribution in [3.63, 3.8) is 0 Å². The van der Waals surface area contributed by atoms with Gasteiger partial charge in [0.05, 0.1) is 21.2 Å². The number of hydrogen-bond donors (Lipinski definition) is 1. The number of amides is 1. The molecule has 35 heavy (non-hydrogen) atoms. The molecule has 1 aliphatic rings. The van der Waals surface area contributed by atoms with Crippen molar-refractivity contribution in [2.45, 2.75) is 18.7 Å². The molecule has 3 aromatic carbocycles. The molecule has 1 fully saturated rings. The SMILES string of the molecule is Cc1cccc(N2CCN(S(=O)(=O)c3ccc(NC(=O)c4ccc(Cl)cc4Cl)c(F)c3)CC2)c1C. The lowest BCUT2D eigenvalue weighted by Gasteiger charge is -2.36. The highest BCUT2D eigenvalue weighted by Gasteiger charge is 2.30. The van der Waals surface area contributed by atoms with Crippen LogP contribution >= 0.6 is 23.2 Å². The Kier molecular flexibility index (Phi) is 7.38. The Morgan fingerprint density at radius 2 is 1.69 bits per heavy atom. The van der Waals surface area contributed by atoms with Gasteiger partial charge in [0.2, 0.25) is 10.0 Å². The van der Waals surface area contributed by atoms with Gasteiger partial charge in [0.25, 0.3) is 5.91 Å². The van der Waals surface area contributed by atoms with Crippen molar-refractivity contribution in [2.75, 3.05) is 36.4 Å². The van der Waals surface area contributed by atoms with Crippen LogP contribution in [0.5, 0.6) is 0 Å². The first-order valence-electron chi connectivity index (χ1n) is 10.9. The topological polar surface area (TPSA) is 69.7 Å². The second kappa shape index (κ2) is 10.1. The van der Waals surface area contributed by atoms with E-state index in [1.54, 1.807) is 0 Å². The van der Waals surface area contributed by atoms with Crippen molar-refractivity contribution in [3.8, 4) is 0 Å². The third kappa shape index (κ3) is 5.30. The molecule has 1 N–H and O–H groups in total. The van der Waals surface area contributed by atoms with Gasteiger partial charge in [-0.05, 0) is 67.4 Å². The second-order valence-electron chi connectivity index (χ2n) is 8.33. The van der Waals surface area contributed by atoms with Gasteiger partial charge in [0, 0.05) is 36.9 Å². The standard InChI is InChI=1S/C25H24Cl2FN3O3S/c1-16-4-3-5-24(17(16)2)30-10-12-31(13-11-30)35(33,34)19-7-9-23(22(28)15-19)29-25(32)20-8-6-18(26)14-21(20)27/h3-9,14-15H,10-13H2,1-2H3,(H,29,32). The van der Waals surface area contributed by atoms with Crippen molar-refractivity contribution in [1.82, 2.24) is 4.31 Å². The summed E-state index contributed by atoms with van der Waals surface area (Å²) in [5.74, 6) is -1.50. The summed E-state index contributed by atoms with van der Waals surface area (Å²) in [6.07, 6.45) is 0. The van der Waals surface area contributed by atoms with E-state index >= 15 is 0 Å². The number of carbonyl (C=O) groups excluding carboxylic acids is 1. The van der Waals surface area contributed by atoms with Crippen LogP contribution in [0, 0.1) is 19.7 Å². The molecule has 0 radical (unpaired) electrons. The third-order valence-corrected chi connectivity index (χ3v) is 8.60. The number of rotatable bonds is 5. The third-order valence-electron chi connectivity index (χ3n) is 6.16. The molecule has 0 aliphatic carbocycles. The quantitative estimate of drug-likeness (QED) is 0.467. The maximum Gasteiger partial charge on any atom is 0.257 e. The largest absolute Gasteiger partial charge is 0.369 e. The van der Waals surface area contributed by atoms with Crippen LogP contribution in [0.15, 0.2) is 59.5 Å². The Balaban J connectivity index is 1.47. The number of sulfonamides is 1. The zero-order chi connectivity index (χ0) is 25.3. The van der Waals surface area contributed by atoms with Gasteiger partial charge in [-0.25, -0.2) is 12.8 Å². The Labute approximate surface area is 214 Å². The lowest BCUT2D eigenvalue weighted by atomic mass is 10.1. The molecule has 0 spiro atoms. The fraction of sp³-hybridized carbons (Fsp3) is 0.240. The van der Waals surface area contributed by atoms with Crippen molar-refractivity contribution in [2.24, 2.45) is 0 Å². The number of nitrogens with one attached hydrogen (secondary N) is 1. The molecule has 1 heterocycles. The number of benzene rings is 3. The second-order valence-corrected chi connectivity index (χ2v) is 11.1. The van der Waals surface area contributed by atoms with Crippen LogP contribution in [0.3, 0.4) is 0 Å². The Hall–Kier alpha value is -2.65. The van der Waals surface area contributed by atoms with Gasteiger partial charge in [0.15, 0.2) is 0 Å². The summed E-state index contributed by atoms with van der Waals surface area (Å²) in [5.41, 5.74) is 3.41. The van der Waals surface area contributed by atoms with Gasteiger partial charge < -0.3 is 10.2 Å². The molecule has 0 atom stereocenters. The van der Waals surface area contributed by atoms with E-state index in [0.29, 0.717) is 18.1 Å². The van der Waals surface area contributed by atoms with Crippen LogP contribution in [0.2, 0.25) is 10.0 Å². The first kappa shape index (κ1) is 25.4. The van der Waals surface area contributed by atoms with Gasteiger partial charge in [0.1, 0.15) is 5.82 Å². The molecule has 0 unspecified atom stereocenters. The first-order valence-corrected chi connectivity index (χ1v) is 13.1. The lowest BCUT2D eigenvalue weighted by molar-refractivity contribution is 0.102. The summed E-state index contributed by atoms with van der Waals surface area (Å²) in [4.78, 5) is 14.5. The molecule has 1 aliphatic heterocycles. The molecule has 0 bridgehead atoms. The fourth-order valence-electron chi connectivity index (χ4n) is 4.02. The molecule has 4 rings (SSSR count). The number of halogens is 3. The van der Waals surface area contributed by atoms with E-state index in [1.807, 2.05) is 25.1 Å². The summed E-state index contributed by atoms with van der Waals surface area (Å²) >= 11 is 11.9. The van der Waals surface area contributed by atoms with Crippen molar-refractivity contribution in [3.05, 3.63) is 87.2 Å². The van der Waals surface area contributed by atoms with Crippen LogP contribution in [0.4, 0.5) is 15.8 Å². The average Bonchev–Trinajstić information content (AvgIpc) is 2.82. The van der Waals surface area contributed by atoms with Crippen molar-refractivity contribution >= 4 is 50.5 Å². The minimum absolute atomic E-state index is 0.119. The van der Waals surface area contributed by atoms with Crippen molar-refractivity contribution in [1.29, 1.82) is 0 Å². The minimum atomic E-state index is -3.90. The highest BCUT2D eigenvalue weighted by Crippen LogP contribution is 2.28. The molecule has 1 amide bonds. The Morgan fingerprint density at radius 1 is 0.971 bits per heavy atom. The smallest absolute Gasteiger partial charge is 0.257 e. The molecular formula is C25H24Cl2FN3O3S. The molecule has 0 aromatic heterocycles. The first-order chi connectivity index (χ1) is 16.6. The number of anilines is 2. The molecule has 6 nitrogen and oxygen atoms in total. The molecule has 1 saturated heterocycles. The van der Waals surface area contributed by atoms with E-state index in [-0.39, 0.29) is 34.3 Å². The number of carbonyl (C=O) groups is 1. The van der Waals surface area contributed by atoms with Crippen LogP contribution in [0.25, 0.3) is 0 Å². The number of nitrogens with zero attached hydrogens (tertiary/aromatic N) is 2. The predicted octanol–water partition coefficient (Wildman–Crippen LogP) is 5.51. The monoisotopic (exact) mass is 535 g/mol. The highest BCUT2D eigenvalue weighted by molar-refractivity contribution is 7.89. The summed E-state index contributed by atoms with van der Waals surface area (Å²) < 4.78 is 42.5. The van der Waals surface area contributed by atoms with Gasteiger partial charge in [-0.15, -0.1) is 0 Å². The number of piperazine rings is 1. The number of aryl methyl sites for hydroxylation is 1. The van der Waals surface area contributed by atoms with Gasteiger partial charge in [-0.2, -0.15) is 4.31 Å². The van der Waals surface area contributed by atoms with Gasteiger partial charge in [-0.3, -0.25) is 4.79 Å². The molecule has 0 saturated carbocycles. The lowest BCUT2D eigenvalue weighted by Crippen LogP contribution is -2.48. The van der Waals surface area contributed by atoms with E-state index < -0.39 is 21.7 Å². The van der Waals surface area contributed by atoms with Crippen LogP contribution in [-0.2, 0) is 10.0 Å². The average molecular weight is 536 g/mol. The highest BCUT2D eigenvalue weighted by atomic mass is 35.5. The number of hydrogen-bond acceptors (Lipinski definition) is 4. The van der Waals surface area contributed by atoms with E-state index in [4.69, 9.17) is 23.2 Å². The van der Waals surface area contributed by atoms with Crippen LogP contribution < -0.4 is 10.2 Å². The summed E-state index contributed by atoms with van der Waals surface area (Å²) in [5, 5.41) is 2.91. The van der Waals surface area contributed by atoms with E-state index in [0.717, 1.165) is 11.8 Å². The molecule has 184 valence electrons. The Morgan fingerprint density at radius 3 is 2.34 bits per heavy atom. The van der Waals surface area contributed by atoms with Crippen LogP contribution in [-0.4, -0.2) is 44.8 Å². The maximum absolute atomic E-state index is 14.8. The van der Waals surface area contributed by atoms with Gasteiger partial charge >= 0.3 is 0 Å². The summed E-state index contributed by atoms with van der Waals surface area (Å²) in [6, 6.07) is 13.8. The zero-order valence-corrected chi connectivity index (χ0v) is 21.5. The zero-order valence-electron chi connectivity index (χ0n) is 19.2. The maximum atomic E-state index is 14.8.